The highest BCUT2D eigenvalue weighted by atomic mass is 32.1. The first-order chi connectivity index (χ1) is 13.6. The van der Waals surface area contributed by atoms with Crippen LogP contribution < -0.4 is 10.6 Å². The van der Waals surface area contributed by atoms with E-state index in [4.69, 9.17) is 4.98 Å². The minimum absolute atomic E-state index is 0.273. The molecule has 5 rings (SSSR count). The lowest BCUT2D eigenvalue weighted by Gasteiger charge is -2.10. The van der Waals surface area contributed by atoms with Gasteiger partial charge in [0.25, 0.3) is 5.91 Å². The second-order valence-electron chi connectivity index (χ2n) is 7.11. The second kappa shape index (κ2) is 6.68. The van der Waals surface area contributed by atoms with E-state index in [1.165, 1.54) is 4.88 Å². The number of hydrogen-bond acceptors (Lipinski definition) is 7. The smallest absolute Gasteiger partial charge is 0.269 e. The van der Waals surface area contributed by atoms with Crippen molar-refractivity contribution < 1.29 is 9.90 Å². The van der Waals surface area contributed by atoms with Crippen molar-refractivity contribution in [3.63, 3.8) is 0 Å². The van der Waals surface area contributed by atoms with Crippen LogP contribution in [0.1, 0.15) is 30.2 Å². The van der Waals surface area contributed by atoms with Crippen molar-refractivity contribution in [2.75, 3.05) is 5.32 Å². The number of nitrogens with one attached hydrogen (secondary N) is 2. The topological polar surface area (TPSA) is 104 Å². The van der Waals surface area contributed by atoms with Crippen molar-refractivity contribution in [3.05, 3.63) is 34.2 Å². The molecule has 1 aliphatic heterocycles. The van der Waals surface area contributed by atoms with Crippen molar-refractivity contribution >= 4 is 34.4 Å². The molecule has 1 aliphatic carbocycles. The molecule has 2 aliphatic rings. The molecule has 3 aromatic heterocycles. The number of anilines is 1. The largest absolute Gasteiger partial charge is 0.367 e. The molecular formula is C19H20N6O2S. The maximum Gasteiger partial charge on any atom is 0.269 e. The van der Waals surface area contributed by atoms with Gasteiger partial charge in [0.15, 0.2) is 5.65 Å². The molecule has 28 heavy (non-hydrogen) atoms. The Labute approximate surface area is 165 Å². The van der Waals surface area contributed by atoms with E-state index in [1.807, 2.05) is 6.07 Å². The maximum absolute atomic E-state index is 11.9. The lowest BCUT2D eigenvalue weighted by molar-refractivity contribution is -0.116. The first-order valence-electron chi connectivity index (χ1n) is 9.38. The zero-order chi connectivity index (χ0) is 19.3. The zero-order valence-electron chi connectivity index (χ0n) is 15.3. The highest BCUT2D eigenvalue weighted by molar-refractivity contribution is 7.10. The van der Waals surface area contributed by atoms with Gasteiger partial charge in [0, 0.05) is 39.9 Å². The molecule has 3 N–H and O–H groups in total. The normalized spacial score (nSPS) is 19.1. The minimum atomic E-state index is -1.17. The van der Waals surface area contributed by atoms with Crippen LogP contribution in [0.5, 0.6) is 0 Å². The number of amides is 1. The summed E-state index contributed by atoms with van der Waals surface area (Å²) in [4.78, 5) is 22.0. The van der Waals surface area contributed by atoms with Gasteiger partial charge in [-0.1, -0.05) is 6.92 Å². The fraction of sp³-hybridized carbons (Fsp3) is 0.368. The van der Waals surface area contributed by atoms with Crippen LogP contribution in [0.25, 0.3) is 16.9 Å². The summed E-state index contributed by atoms with van der Waals surface area (Å²) >= 11 is 1.73. The molecule has 8 nitrogen and oxygen atoms in total. The summed E-state index contributed by atoms with van der Waals surface area (Å²) in [6.45, 7) is 2.14. The molecule has 4 heterocycles. The summed E-state index contributed by atoms with van der Waals surface area (Å²) in [7, 11) is 0. The van der Waals surface area contributed by atoms with Gasteiger partial charge in [-0.2, -0.15) is 9.61 Å². The van der Waals surface area contributed by atoms with Crippen LogP contribution in [0.2, 0.25) is 0 Å². The Bertz CT molecular complexity index is 1100. The minimum Gasteiger partial charge on any atom is -0.367 e. The molecule has 1 unspecified atom stereocenters. The van der Waals surface area contributed by atoms with Gasteiger partial charge in [0.2, 0.25) is 6.35 Å². The molecule has 0 aromatic carbocycles. The standard InChI is InChI=1S/C19H20N6O2S/c1-2-13-5-11(9-28-13)14-7-16(21-12-3-4-12)25-17(22-14)10(8-20-25)6-15-18(26)24-19(27)23-15/h5,7-9,12,19,21,27H,2-4,6H2,1H3,(H,24,26). The van der Waals surface area contributed by atoms with E-state index in [2.05, 4.69) is 39.1 Å². The summed E-state index contributed by atoms with van der Waals surface area (Å²) in [5.41, 5.74) is 3.75. The van der Waals surface area contributed by atoms with Crippen molar-refractivity contribution in [2.24, 2.45) is 4.99 Å². The lowest BCUT2D eigenvalue weighted by Crippen LogP contribution is -2.29. The Morgan fingerprint density at radius 2 is 2.25 bits per heavy atom. The van der Waals surface area contributed by atoms with Crippen LogP contribution in [0, 0.1) is 0 Å². The summed E-state index contributed by atoms with van der Waals surface area (Å²) < 4.78 is 1.79. The third-order valence-corrected chi connectivity index (χ3v) is 6.01. The molecule has 9 heteroatoms. The van der Waals surface area contributed by atoms with E-state index in [0.29, 0.717) is 11.7 Å². The number of hydrogen-bond donors (Lipinski definition) is 3. The Balaban J connectivity index is 1.59. The molecular weight excluding hydrogens is 376 g/mol. The summed E-state index contributed by atoms with van der Waals surface area (Å²) in [6.07, 6.45) is 4.13. The van der Waals surface area contributed by atoms with Gasteiger partial charge in [0.1, 0.15) is 11.5 Å². The number of rotatable bonds is 6. The Morgan fingerprint density at radius 1 is 1.39 bits per heavy atom. The number of aliphatic hydroxyl groups excluding tert-OH is 1. The monoisotopic (exact) mass is 396 g/mol. The highest BCUT2D eigenvalue weighted by Crippen LogP contribution is 2.31. The molecule has 1 atom stereocenters. The molecule has 0 spiro atoms. The number of aliphatic imine (C=N–C) groups is 1. The van der Waals surface area contributed by atoms with E-state index in [9.17, 15) is 9.90 Å². The van der Waals surface area contributed by atoms with E-state index in [-0.39, 0.29) is 18.0 Å². The molecule has 0 saturated heterocycles. The van der Waals surface area contributed by atoms with Crippen molar-refractivity contribution in [3.8, 4) is 11.3 Å². The number of thiophene rings is 1. The number of fused-ring (bicyclic) bond motifs is 1. The van der Waals surface area contributed by atoms with E-state index in [1.54, 1.807) is 22.0 Å². The number of nitrogens with zero attached hydrogens (tertiary/aromatic N) is 4. The fourth-order valence-corrected chi connectivity index (χ4v) is 4.10. The Hall–Kier alpha value is -2.78. The van der Waals surface area contributed by atoms with Gasteiger partial charge in [-0.05, 0) is 25.3 Å². The molecule has 3 aromatic rings. The number of aromatic nitrogens is 3. The molecule has 144 valence electrons. The van der Waals surface area contributed by atoms with Gasteiger partial charge < -0.3 is 15.7 Å². The Morgan fingerprint density at radius 3 is 2.93 bits per heavy atom. The van der Waals surface area contributed by atoms with E-state index in [0.717, 1.165) is 41.9 Å². The third-order valence-electron chi connectivity index (χ3n) is 4.93. The van der Waals surface area contributed by atoms with Crippen LogP contribution in [0.4, 0.5) is 5.82 Å². The SMILES string of the molecule is CCc1cc(-c2cc(NC3CC3)n3ncc(CC4=NC(O)NC4=O)c3n2)cs1. The maximum atomic E-state index is 11.9. The lowest BCUT2D eigenvalue weighted by atomic mass is 10.1. The summed E-state index contributed by atoms with van der Waals surface area (Å²) in [6, 6.07) is 4.68. The van der Waals surface area contributed by atoms with Gasteiger partial charge in [0.05, 0.1) is 11.9 Å². The highest BCUT2D eigenvalue weighted by Gasteiger charge is 2.26. The molecule has 0 radical (unpaired) electrons. The average Bonchev–Trinajstić information content (AvgIpc) is 3.08. The number of carbonyl (C=O) groups excluding carboxylic acids is 1. The van der Waals surface area contributed by atoms with Gasteiger partial charge in [-0.3, -0.25) is 4.79 Å². The zero-order valence-corrected chi connectivity index (χ0v) is 16.2. The molecule has 1 saturated carbocycles. The third kappa shape index (κ3) is 3.16. The molecule has 1 fully saturated rings. The van der Waals surface area contributed by atoms with Crippen LogP contribution in [0.3, 0.4) is 0 Å². The first-order valence-corrected chi connectivity index (χ1v) is 10.3. The quantitative estimate of drug-likeness (QED) is 0.591. The summed E-state index contributed by atoms with van der Waals surface area (Å²) in [5.74, 6) is 0.542. The summed E-state index contributed by atoms with van der Waals surface area (Å²) in [5, 5.41) is 22.0. The average molecular weight is 396 g/mol. The van der Waals surface area contributed by atoms with Crippen LogP contribution in [-0.2, 0) is 17.6 Å². The first kappa shape index (κ1) is 17.3. The van der Waals surface area contributed by atoms with E-state index >= 15 is 0 Å². The van der Waals surface area contributed by atoms with Gasteiger partial charge in [-0.25, -0.2) is 9.98 Å². The van der Waals surface area contributed by atoms with Crippen molar-refractivity contribution in [1.82, 2.24) is 19.9 Å². The van der Waals surface area contributed by atoms with E-state index < -0.39 is 6.35 Å². The molecule has 1 amide bonds. The second-order valence-corrected chi connectivity index (χ2v) is 8.10. The predicted molar refractivity (Wildman–Crippen MR) is 108 cm³/mol. The Kier molecular flexibility index (Phi) is 4.13. The van der Waals surface area contributed by atoms with Crippen molar-refractivity contribution in [1.29, 1.82) is 0 Å². The van der Waals surface area contributed by atoms with Crippen LogP contribution >= 0.6 is 11.3 Å². The van der Waals surface area contributed by atoms with Crippen LogP contribution in [-0.4, -0.2) is 43.7 Å². The molecule has 0 bridgehead atoms. The fourth-order valence-electron chi connectivity index (χ4n) is 3.27. The van der Waals surface area contributed by atoms with Crippen molar-refractivity contribution in [2.45, 2.75) is 45.0 Å². The number of aliphatic hydroxyl groups is 1. The number of aryl methyl sites for hydroxylation is 1. The predicted octanol–water partition coefficient (Wildman–Crippen LogP) is 1.98. The van der Waals surface area contributed by atoms with Gasteiger partial charge >= 0.3 is 0 Å². The van der Waals surface area contributed by atoms with Crippen LogP contribution in [0.15, 0.2) is 28.7 Å². The number of carbonyl (C=O) groups is 1. The van der Waals surface area contributed by atoms with Gasteiger partial charge in [-0.15, -0.1) is 11.3 Å².